The van der Waals surface area contributed by atoms with E-state index in [9.17, 15) is 0 Å². The van der Waals surface area contributed by atoms with Gasteiger partial charge in [-0.3, -0.25) is 0 Å². The van der Waals surface area contributed by atoms with E-state index in [1.165, 1.54) is 42.4 Å². The van der Waals surface area contributed by atoms with Crippen molar-refractivity contribution in [2.45, 2.75) is 45.6 Å². The zero-order valence-corrected chi connectivity index (χ0v) is 12.0. The summed E-state index contributed by atoms with van der Waals surface area (Å²) in [6.07, 6.45) is 5.55. The van der Waals surface area contributed by atoms with E-state index in [-0.39, 0.29) is 6.04 Å². The predicted octanol–water partition coefficient (Wildman–Crippen LogP) is 4.39. The maximum Gasteiger partial charge on any atom is 0.0456 e. The number of aryl methyl sites for hydroxylation is 2. The van der Waals surface area contributed by atoms with Crippen LogP contribution in [-0.2, 0) is 0 Å². The number of halogens is 1. The van der Waals surface area contributed by atoms with Gasteiger partial charge in [-0.05, 0) is 67.2 Å². The number of rotatable bonds is 2. The molecule has 2 aliphatic rings. The van der Waals surface area contributed by atoms with Gasteiger partial charge in [0.1, 0.15) is 0 Å². The summed E-state index contributed by atoms with van der Waals surface area (Å²) in [5.74, 6) is 2.45. The van der Waals surface area contributed by atoms with E-state index in [1.54, 1.807) is 0 Å². The highest BCUT2D eigenvalue weighted by Gasteiger charge is 2.53. The maximum atomic E-state index is 6.50. The smallest absolute Gasteiger partial charge is 0.0456 e. The Bertz CT molecular complexity index is 456. The van der Waals surface area contributed by atoms with E-state index in [0.717, 1.165) is 16.9 Å². The second-order valence-electron chi connectivity index (χ2n) is 6.17. The minimum atomic E-state index is 0.143. The molecule has 18 heavy (non-hydrogen) atoms. The standard InChI is InChI=1S/C16H22ClN/c1-9-7-13(14(17)8-10(9)2)16(18)15-11-5-3-4-6-12(11)15/h7-8,11-12,15-16H,3-6,18H2,1-2H3. The minimum absolute atomic E-state index is 0.143. The van der Waals surface area contributed by atoms with Crippen LogP contribution in [0.2, 0.25) is 5.02 Å². The van der Waals surface area contributed by atoms with Crippen molar-refractivity contribution in [2.75, 3.05) is 0 Å². The van der Waals surface area contributed by atoms with Crippen LogP contribution in [0, 0.1) is 31.6 Å². The highest BCUT2D eigenvalue weighted by atomic mass is 35.5. The van der Waals surface area contributed by atoms with E-state index in [0.29, 0.717) is 5.92 Å². The second kappa shape index (κ2) is 4.54. The normalized spacial score (nSPS) is 31.9. The van der Waals surface area contributed by atoms with Crippen LogP contribution in [0.5, 0.6) is 0 Å². The fraction of sp³-hybridized carbons (Fsp3) is 0.625. The van der Waals surface area contributed by atoms with E-state index in [1.807, 2.05) is 0 Å². The van der Waals surface area contributed by atoms with E-state index in [4.69, 9.17) is 17.3 Å². The molecule has 2 saturated carbocycles. The fourth-order valence-corrected chi connectivity index (χ4v) is 4.19. The number of nitrogens with two attached hydrogens (primary N) is 1. The Morgan fingerprint density at radius 1 is 1.11 bits per heavy atom. The number of hydrogen-bond donors (Lipinski definition) is 1. The molecule has 98 valence electrons. The summed E-state index contributed by atoms with van der Waals surface area (Å²) >= 11 is 6.39. The molecule has 0 bridgehead atoms. The average Bonchev–Trinajstić information content (AvgIpc) is 3.07. The van der Waals surface area contributed by atoms with Crippen LogP contribution >= 0.6 is 11.6 Å². The molecule has 0 spiro atoms. The van der Waals surface area contributed by atoms with Crippen LogP contribution in [0.15, 0.2) is 12.1 Å². The molecule has 2 N–H and O–H groups in total. The molecule has 0 radical (unpaired) electrons. The Hall–Kier alpha value is -0.530. The van der Waals surface area contributed by atoms with Crippen molar-refractivity contribution in [3.63, 3.8) is 0 Å². The van der Waals surface area contributed by atoms with Crippen molar-refractivity contribution in [3.05, 3.63) is 33.8 Å². The first kappa shape index (κ1) is 12.5. The Morgan fingerprint density at radius 2 is 1.67 bits per heavy atom. The number of benzene rings is 1. The highest BCUT2D eigenvalue weighted by molar-refractivity contribution is 6.31. The Kier molecular flexibility index (Phi) is 3.15. The summed E-state index contributed by atoms with van der Waals surface area (Å²) in [6.45, 7) is 4.25. The van der Waals surface area contributed by atoms with Crippen molar-refractivity contribution >= 4 is 11.6 Å². The van der Waals surface area contributed by atoms with Crippen LogP contribution in [0.1, 0.15) is 48.4 Å². The topological polar surface area (TPSA) is 26.0 Å². The predicted molar refractivity (Wildman–Crippen MR) is 76.8 cm³/mol. The van der Waals surface area contributed by atoms with Gasteiger partial charge < -0.3 is 5.73 Å². The zero-order chi connectivity index (χ0) is 12.9. The Morgan fingerprint density at radius 3 is 2.28 bits per heavy atom. The third-order valence-corrected chi connectivity index (χ3v) is 5.44. The van der Waals surface area contributed by atoms with Gasteiger partial charge in [0.15, 0.2) is 0 Å². The first-order chi connectivity index (χ1) is 8.59. The van der Waals surface area contributed by atoms with Gasteiger partial charge in [0.25, 0.3) is 0 Å². The minimum Gasteiger partial charge on any atom is -0.324 e. The van der Waals surface area contributed by atoms with Crippen molar-refractivity contribution in [2.24, 2.45) is 23.5 Å². The van der Waals surface area contributed by atoms with Gasteiger partial charge in [-0.1, -0.05) is 30.5 Å². The molecule has 0 aliphatic heterocycles. The number of hydrogen-bond acceptors (Lipinski definition) is 1. The van der Waals surface area contributed by atoms with Crippen molar-refractivity contribution in [3.8, 4) is 0 Å². The molecule has 0 aromatic heterocycles. The maximum absolute atomic E-state index is 6.50. The van der Waals surface area contributed by atoms with Crippen LogP contribution < -0.4 is 5.73 Å². The molecule has 3 rings (SSSR count). The van der Waals surface area contributed by atoms with Gasteiger partial charge in [0, 0.05) is 11.1 Å². The van der Waals surface area contributed by atoms with Crippen LogP contribution in [-0.4, -0.2) is 0 Å². The first-order valence-corrected chi connectivity index (χ1v) is 7.49. The molecule has 0 saturated heterocycles. The van der Waals surface area contributed by atoms with Crippen LogP contribution in [0.3, 0.4) is 0 Å². The van der Waals surface area contributed by atoms with Gasteiger partial charge >= 0.3 is 0 Å². The van der Waals surface area contributed by atoms with E-state index >= 15 is 0 Å². The quantitative estimate of drug-likeness (QED) is 0.841. The molecule has 2 aliphatic carbocycles. The first-order valence-electron chi connectivity index (χ1n) is 7.12. The third-order valence-electron chi connectivity index (χ3n) is 5.11. The summed E-state index contributed by atoms with van der Waals surface area (Å²) in [5.41, 5.74) is 10.2. The van der Waals surface area contributed by atoms with Gasteiger partial charge in [0.05, 0.1) is 0 Å². The molecule has 3 unspecified atom stereocenters. The molecule has 1 aromatic carbocycles. The van der Waals surface area contributed by atoms with Gasteiger partial charge in [-0.2, -0.15) is 0 Å². The lowest BCUT2D eigenvalue weighted by Crippen LogP contribution is -2.15. The lowest BCUT2D eigenvalue weighted by molar-refractivity contribution is 0.480. The monoisotopic (exact) mass is 263 g/mol. The molecule has 1 aromatic rings. The summed E-state index contributed by atoms with van der Waals surface area (Å²) in [6, 6.07) is 4.41. The van der Waals surface area contributed by atoms with Crippen LogP contribution in [0.4, 0.5) is 0 Å². The lowest BCUT2D eigenvalue weighted by Gasteiger charge is -2.16. The average molecular weight is 264 g/mol. The van der Waals surface area contributed by atoms with Crippen LogP contribution in [0.25, 0.3) is 0 Å². The second-order valence-corrected chi connectivity index (χ2v) is 6.58. The largest absolute Gasteiger partial charge is 0.324 e. The zero-order valence-electron chi connectivity index (χ0n) is 11.2. The summed E-state index contributed by atoms with van der Waals surface area (Å²) in [7, 11) is 0. The molecular weight excluding hydrogens is 242 g/mol. The molecule has 2 fully saturated rings. The highest BCUT2D eigenvalue weighted by Crippen LogP contribution is 2.60. The van der Waals surface area contributed by atoms with Gasteiger partial charge in [-0.15, -0.1) is 0 Å². The van der Waals surface area contributed by atoms with Crippen molar-refractivity contribution in [1.29, 1.82) is 0 Å². The van der Waals surface area contributed by atoms with Crippen molar-refractivity contribution < 1.29 is 0 Å². The SMILES string of the molecule is Cc1cc(Cl)c(C(N)C2C3CCCCC32)cc1C. The summed E-state index contributed by atoms with van der Waals surface area (Å²) in [5, 5.41) is 0.856. The molecule has 3 atom stereocenters. The lowest BCUT2D eigenvalue weighted by atomic mass is 9.97. The van der Waals surface area contributed by atoms with Crippen molar-refractivity contribution in [1.82, 2.24) is 0 Å². The molecule has 0 amide bonds. The summed E-state index contributed by atoms with van der Waals surface area (Å²) < 4.78 is 0. The molecule has 0 heterocycles. The van der Waals surface area contributed by atoms with Gasteiger partial charge in [-0.25, -0.2) is 0 Å². The van der Waals surface area contributed by atoms with E-state index < -0.39 is 0 Å². The fourth-order valence-electron chi connectivity index (χ4n) is 3.85. The summed E-state index contributed by atoms with van der Waals surface area (Å²) in [4.78, 5) is 0. The Labute approximate surface area is 115 Å². The number of fused-ring (bicyclic) bond motifs is 1. The van der Waals surface area contributed by atoms with E-state index in [2.05, 4.69) is 26.0 Å². The third kappa shape index (κ3) is 1.98. The molecule has 2 heteroatoms. The Balaban J connectivity index is 1.85. The molecular formula is C16H22ClN. The molecule has 1 nitrogen and oxygen atoms in total. The van der Waals surface area contributed by atoms with Gasteiger partial charge in [0.2, 0.25) is 0 Å².